The van der Waals surface area contributed by atoms with Gasteiger partial charge in [0.2, 0.25) is 0 Å². The molecule has 0 aromatic heterocycles. The molecule has 1 radical (unpaired) electrons. The molecule has 1 aliphatic rings. The van der Waals surface area contributed by atoms with Crippen LogP contribution in [0.15, 0.2) is 0 Å². The smallest absolute Gasteiger partial charge is 0.0914 e. The third kappa shape index (κ3) is 3.70. The summed E-state index contributed by atoms with van der Waals surface area (Å²) >= 11 is 0. The first-order valence-electron chi connectivity index (χ1n) is 4.25. The van der Waals surface area contributed by atoms with E-state index in [1.165, 1.54) is 0 Å². The summed E-state index contributed by atoms with van der Waals surface area (Å²) in [6.45, 7) is 6.30. The summed E-state index contributed by atoms with van der Waals surface area (Å²) in [4.78, 5) is 2.29. The van der Waals surface area contributed by atoms with E-state index in [9.17, 15) is 5.11 Å². The highest BCUT2D eigenvalue weighted by Crippen LogP contribution is 1.99. The van der Waals surface area contributed by atoms with Crippen LogP contribution >= 0.6 is 0 Å². The average molecular weight is 158 g/mol. The maximum Gasteiger partial charge on any atom is 0.0914 e. The van der Waals surface area contributed by atoms with Crippen LogP contribution in [0.4, 0.5) is 0 Å². The van der Waals surface area contributed by atoms with Gasteiger partial charge in [0, 0.05) is 19.6 Å². The summed E-state index contributed by atoms with van der Waals surface area (Å²) in [5.41, 5.74) is 0. The molecule has 1 rings (SSSR count). The van der Waals surface area contributed by atoms with E-state index < -0.39 is 6.10 Å². The van der Waals surface area contributed by atoms with Crippen LogP contribution in [0.25, 0.3) is 0 Å². The minimum atomic E-state index is -0.419. The molecule has 0 aromatic rings. The van der Waals surface area contributed by atoms with Gasteiger partial charge < -0.3 is 4.74 Å². The van der Waals surface area contributed by atoms with Gasteiger partial charge >= 0.3 is 0 Å². The Morgan fingerprint density at radius 2 is 2.09 bits per heavy atom. The quantitative estimate of drug-likeness (QED) is 0.600. The zero-order chi connectivity index (χ0) is 8.10. The van der Waals surface area contributed by atoms with Crippen LogP contribution in [-0.4, -0.2) is 43.9 Å². The van der Waals surface area contributed by atoms with E-state index in [-0.39, 0.29) is 0 Å². The fourth-order valence-electron chi connectivity index (χ4n) is 1.19. The Kier molecular flexibility index (Phi) is 3.83. The minimum Gasteiger partial charge on any atom is -0.379 e. The van der Waals surface area contributed by atoms with Crippen molar-refractivity contribution in [1.29, 1.82) is 0 Å². The molecule has 3 heteroatoms. The van der Waals surface area contributed by atoms with Crippen LogP contribution in [0.5, 0.6) is 0 Å². The summed E-state index contributed by atoms with van der Waals surface area (Å²) in [6.07, 6.45) is 0.345. The van der Waals surface area contributed by atoms with E-state index in [0.717, 1.165) is 39.3 Å². The summed E-state index contributed by atoms with van der Waals surface area (Å²) in [7, 11) is 0. The molecule has 0 spiro atoms. The molecule has 0 saturated carbocycles. The number of hydrogen-bond acceptors (Lipinski definition) is 2. The van der Waals surface area contributed by atoms with Gasteiger partial charge in [0.25, 0.3) is 0 Å². The first-order valence-corrected chi connectivity index (χ1v) is 4.25. The fraction of sp³-hybridized carbons (Fsp3) is 1.00. The van der Waals surface area contributed by atoms with Crippen molar-refractivity contribution in [3.8, 4) is 0 Å². The topological polar surface area (TPSA) is 32.4 Å². The lowest BCUT2D eigenvalue weighted by Crippen LogP contribution is -2.37. The molecule has 0 N–H and O–H groups in total. The molecule has 0 bridgehead atoms. The Morgan fingerprint density at radius 3 is 2.64 bits per heavy atom. The van der Waals surface area contributed by atoms with E-state index in [0.29, 0.717) is 0 Å². The summed E-state index contributed by atoms with van der Waals surface area (Å²) in [6, 6.07) is 0. The Bertz CT molecular complexity index is 100. The summed E-state index contributed by atoms with van der Waals surface area (Å²) in [5.74, 6) is 0. The Morgan fingerprint density at radius 1 is 1.45 bits per heavy atom. The zero-order valence-electron chi connectivity index (χ0n) is 7.08. The second-order valence-corrected chi connectivity index (χ2v) is 3.05. The van der Waals surface area contributed by atoms with Crippen molar-refractivity contribution < 1.29 is 9.84 Å². The second-order valence-electron chi connectivity index (χ2n) is 3.05. The molecule has 1 aliphatic heterocycles. The van der Waals surface area contributed by atoms with Gasteiger partial charge in [-0.2, -0.15) is 0 Å². The summed E-state index contributed by atoms with van der Waals surface area (Å²) in [5, 5.41) is 10.7. The highest BCUT2D eigenvalue weighted by molar-refractivity contribution is 4.62. The SMILES string of the molecule is CC([O])CCN1CCOCC1. The summed E-state index contributed by atoms with van der Waals surface area (Å²) < 4.78 is 5.19. The van der Waals surface area contributed by atoms with Gasteiger partial charge in [0.1, 0.15) is 0 Å². The molecule has 1 heterocycles. The molecular formula is C8H16NO2. The zero-order valence-corrected chi connectivity index (χ0v) is 7.08. The highest BCUT2D eigenvalue weighted by atomic mass is 16.5. The molecule has 0 amide bonds. The largest absolute Gasteiger partial charge is 0.379 e. The van der Waals surface area contributed by atoms with Crippen LogP contribution < -0.4 is 0 Å². The van der Waals surface area contributed by atoms with Crippen LogP contribution in [0, 0.1) is 0 Å². The molecule has 1 saturated heterocycles. The van der Waals surface area contributed by atoms with Crippen molar-refractivity contribution in [2.24, 2.45) is 0 Å². The fourth-order valence-corrected chi connectivity index (χ4v) is 1.19. The maximum absolute atomic E-state index is 10.7. The van der Waals surface area contributed by atoms with Gasteiger partial charge in [-0.25, -0.2) is 5.11 Å². The minimum absolute atomic E-state index is 0.419. The first-order chi connectivity index (χ1) is 5.29. The van der Waals surface area contributed by atoms with E-state index in [1.807, 2.05) is 0 Å². The Hall–Kier alpha value is -0.120. The number of morpholine rings is 1. The normalized spacial score (nSPS) is 23.5. The third-order valence-electron chi connectivity index (χ3n) is 1.96. The Balaban J connectivity index is 2.05. The molecule has 0 aliphatic carbocycles. The van der Waals surface area contributed by atoms with Gasteiger partial charge in [0.15, 0.2) is 0 Å². The van der Waals surface area contributed by atoms with Crippen molar-refractivity contribution in [2.45, 2.75) is 19.4 Å². The van der Waals surface area contributed by atoms with E-state index in [4.69, 9.17) is 4.74 Å². The molecule has 1 unspecified atom stereocenters. The molecule has 3 nitrogen and oxygen atoms in total. The van der Waals surface area contributed by atoms with Crippen molar-refractivity contribution >= 4 is 0 Å². The van der Waals surface area contributed by atoms with Gasteiger partial charge in [-0.05, 0) is 13.3 Å². The third-order valence-corrected chi connectivity index (χ3v) is 1.96. The molecule has 11 heavy (non-hydrogen) atoms. The van der Waals surface area contributed by atoms with E-state index >= 15 is 0 Å². The standard InChI is InChI=1S/C8H16NO2/c1-8(10)2-3-9-4-6-11-7-5-9/h8H,2-7H2,1H3. The molecule has 1 fully saturated rings. The predicted molar refractivity (Wildman–Crippen MR) is 42.0 cm³/mol. The second kappa shape index (κ2) is 4.70. The van der Waals surface area contributed by atoms with Crippen LogP contribution in [0.3, 0.4) is 0 Å². The van der Waals surface area contributed by atoms with Crippen molar-refractivity contribution in [2.75, 3.05) is 32.8 Å². The van der Waals surface area contributed by atoms with Gasteiger partial charge in [-0.15, -0.1) is 0 Å². The number of nitrogens with zero attached hydrogens (tertiary/aromatic N) is 1. The first kappa shape index (κ1) is 8.97. The number of hydrogen-bond donors (Lipinski definition) is 0. The number of rotatable bonds is 3. The average Bonchev–Trinajstić information content (AvgIpc) is 2.03. The van der Waals surface area contributed by atoms with Crippen molar-refractivity contribution in [3.63, 3.8) is 0 Å². The predicted octanol–water partition coefficient (Wildman–Crippen LogP) is 0.528. The molecule has 1 atom stereocenters. The monoisotopic (exact) mass is 158 g/mol. The van der Waals surface area contributed by atoms with Crippen molar-refractivity contribution in [3.05, 3.63) is 0 Å². The lowest BCUT2D eigenvalue weighted by molar-refractivity contribution is 0.0242. The highest BCUT2D eigenvalue weighted by Gasteiger charge is 2.10. The van der Waals surface area contributed by atoms with Gasteiger partial charge in [-0.3, -0.25) is 4.90 Å². The van der Waals surface area contributed by atoms with Crippen LogP contribution in [-0.2, 0) is 9.84 Å². The van der Waals surface area contributed by atoms with Gasteiger partial charge in [-0.1, -0.05) is 0 Å². The van der Waals surface area contributed by atoms with Gasteiger partial charge in [0.05, 0.1) is 19.3 Å². The van der Waals surface area contributed by atoms with E-state index in [2.05, 4.69) is 4.90 Å². The van der Waals surface area contributed by atoms with Crippen LogP contribution in [0.2, 0.25) is 0 Å². The van der Waals surface area contributed by atoms with Crippen LogP contribution in [0.1, 0.15) is 13.3 Å². The molecular weight excluding hydrogens is 142 g/mol. The Labute approximate surface area is 68.0 Å². The lowest BCUT2D eigenvalue weighted by atomic mass is 10.2. The lowest BCUT2D eigenvalue weighted by Gasteiger charge is -2.26. The molecule has 65 valence electrons. The number of ether oxygens (including phenoxy) is 1. The van der Waals surface area contributed by atoms with E-state index in [1.54, 1.807) is 6.92 Å². The maximum atomic E-state index is 10.7. The molecule has 0 aromatic carbocycles. The van der Waals surface area contributed by atoms with Crippen molar-refractivity contribution in [1.82, 2.24) is 4.90 Å².